The summed E-state index contributed by atoms with van der Waals surface area (Å²) < 4.78 is 0. The summed E-state index contributed by atoms with van der Waals surface area (Å²) in [5.74, 6) is 0. The quantitative estimate of drug-likeness (QED) is 0.881. The van der Waals surface area contributed by atoms with E-state index in [1.807, 2.05) is 13.8 Å². The molecule has 1 atom stereocenters. The molecule has 2 aromatic rings. The van der Waals surface area contributed by atoms with Crippen LogP contribution in [0.25, 0.3) is 10.9 Å². The third-order valence-electron chi connectivity index (χ3n) is 3.24. The van der Waals surface area contributed by atoms with Gasteiger partial charge in [-0.25, -0.2) is 0 Å². The minimum Gasteiger partial charge on any atom is -0.377 e. The monoisotopic (exact) mass is 243 g/mol. The first kappa shape index (κ1) is 12.8. The van der Waals surface area contributed by atoms with Gasteiger partial charge in [-0.1, -0.05) is 6.07 Å². The molecule has 0 saturated carbocycles. The van der Waals surface area contributed by atoms with E-state index in [9.17, 15) is 0 Å². The smallest absolute Gasteiger partial charge is 0.0755 e. The van der Waals surface area contributed by atoms with Crippen LogP contribution in [0.15, 0.2) is 18.2 Å². The molecule has 1 unspecified atom stereocenters. The van der Waals surface area contributed by atoms with Gasteiger partial charge in [0, 0.05) is 36.9 Å². The van der Waals surface area contributed by atoms with E-state index in [2.05, 4.69) is 49.1 Å². The maximum atomic E-state index is 6.00. The SMILES string of the molecule is Cc1cc(N(C)C)c2cc(C(C)N)cc(C)c2n1. The zero-order valence-corrected chi connectivity index (χ0v) is 11.8. The maximum absolute atomic E-state index is 6.00. The number of hydrogen-bond acceptors (Lipinski definition) is 3. The molecule has 1 aromatic heterocycles. The summed E-state index contributed by atoms with van der Waals surface area (Å²) in [5.41, 5.74) is 11.7. The highest BCUT2D eigenvalue weighted by molar-refractivity contribution is 5.94. The zero-order valence-electron chi connectivity index (χ0n) is 11.8. The van der Waals surface area contributed by atoms with Crippen molar-refractivity contribution in [3.8, 4) is 0 Å². The van der Waals surface area contributed by atoms with Crippen molar-refractivity contribution in [2.75, 3.05) is 19.0 Å². The molecule has 0 aliphatic rings. The zero-order chi connectivity index (χ0) is 13.4. The molecule has 0 amide bonds. The van der Waals surface area contributed by atoms with E-state index in [0.29, 0.717) is 0 Å². The van der Waals surface area contributed by atoms with Gasteiger partial charge in [-0.3, -0.25) is 4.98 Å². The lowest BCUT2D eigenvalue weighted by Crippen LogP contribution is -2.11. The Bertz CT molecular complexity index is 586. The van der Waals surface area contributed by atoms with Crippen LogP contribution in [-0.4, -0.2) is 19.1 Å². The first-order valence-corrected chi connectivity index (χ1v) is 6.25. The summed E-state index contributed by atoms with van der Waals surface area (Å²) in [5, 5.41) is 1.18. The fourth-order valence-electron chi connectivity index (χ4n) is 2.27. The summed E-state index contributed by atoms with van der Waals surface area (Å²) in [7, 11) is 4.12. The first-order valence-electron chi connectivity index (χ1n) is 6.25. The van der Waals surface area contributed by atoms with E-state index in [1.165, 1.54) is 16.6 Å². The number of hydrogen-bond donors (Lipinski definition) is 1. The van der Waals surface area contributed by atoms with Gasteiger partial charge in [0.2, 0.25) is 0 Å². The van der Waals surface area contributed by atoms with Crippen LogP contribution in [0.1, 0.15) is 29.8 Å². The molecule has 1 heterocycles. The summed E-state index contributed by atoms with van der Waals surface area (Å²) in [6.07, 6.45) is 0. The van der Waals surface area contributed by atoms with E-state index in [1.54, 1.807) is 0 Å². The summed E-state index contributed by atoms with van der Waals surface area (Å²) in [4.78, 5) is 6.78. The number of anilines is 1. The molecule has 1 aromatic carbocycles. The molecule has 0 bridgehead atoms. The van der Waals surface area contributed by atoms with E-state index in [4.69, 9.17) is 5.73 Å². The highest BCUT2D eigenvalue weighted by Gasteiger charge is 2.11. The topological polar surface area (TPSA) is 42.1 Å². The molecule has 0 radical (unpaired) electrons. The fraction of sp³-hybridized carbons (Fsp3) is 0.400. The number of rotatable bonds is 2. The molecule has 2 N–H and O–H groups in total. The van der Waals surface area contributed by atoms with Crippen molar-refractivity contribution in [3.63, 3.8) is 0 Å². The Morgan fingerprint density at radius 2 is 1.83 bits per heavy atom. The predicted octanol–water partition coefficient (Wildman–Crippen LogP) is 2.94. The molecule has 3 nitrogen and oxygen atoms in total. The fourth-order valence-corrected chi connectivity index (χ4v) is 2.27. The van der Waals surface area contributed by atoms with E-state index >= 15 is 0 Å². The Morgan fingerprint density at radius 1 is 1.17 bits per heavy atom. The molecule has 3 heteroatoms. The Labute approximate surface area is 109 Å². The number of aromatic nitrogens is 1. The van der Waals surface area contributed by atoms with Gasteiger partial charge in [0.05, 0.1) is 5.52 Å². The lowest BCUT2D eigenvalue weighted by atomic mass is 10.0. The lowest BCUT2D eigenvalue weighted by Gasteiger charge is -2.18. The number of pyridine rings is 1. The number of benzene rings is 1. The molecule has 0 aliphatic carbocycles. The Kier molecular flexibility index (Phi) is 3.26. The second-order valence-electron chi connectivity index (χ2n) is 5.20. The van der Waals surface area contributed by atoms with Crippen LogP contribution in [0, 0.1) is 13.8 Å². The van der Waals surface area contributed by atoms with Crippen molar-refractivity contribution in [1.29, 1.82) is 0 Å². The lowest BCUT2D eigenvalue weighted by molar-refractivity contribution is 0.818. The third kappa shape index (κ3) is 2.18. The van der Waals surface area contributed by atoms with Crippen LogP contribution in [0.4, 0.5) is 5.69 Å². The Morgan fingerprint density at radius 3 is 2.39 bits per heavy atom. The average molecular weight is 243 g/mol. The Hall–Kier alpha value is -1.61. The van der Waals surface area contributed by atoms with Crippen LogP contribution in [0.2, 0.25) is 0 Å². The van der Waals surface area contributed by atoms with Crippen LogP contribution >= 0.6 is 0 Å². The van der Waals surface area contributed by atoms with Crippen molar-refractivity contribution in [2.45, 2.75) is 26.8 Å². The van der Waals surface area contributed by atoms with E-state index in [-0.39, 0.29) is 6.04 Å². The van der Waals surface area contributed by atoms with Gasteiger partial charge in [0.25, 0.3) is 0 Å². The molecule has 0 saturated heterocycles. The molecule has 18 heavy (non-hydrogen) atoms. The normalized spacial score (nSPS) is 12.8. The number of aryl methyl sites for hydroxylation is 2. The minimum absolute atomic E-state index is 0.0458. The summed E-state index contributed by atoms with van der Waals surface area (Å²) in [6.45, 7) is 6.14. The largest absolute Gasteiger partial charge is 0.377 e. The van der Waals surface area contributed by atoms with Crippen molar-refractivity contribution in [2.24, 2.45) is 5.73 Å². The van der Waals surface area contributed by atoms with Crippen LogP contribution in [0.3, 0.4) is 0 Å². The average Bonchev–Trinajstić information content (AvgIpc) is 2.28. The van der Waals surface area contributed by atoms with Crippen molar-refractivity contribution < 1.29 is 0 Å². The molecule has 0 aliphatic heterocycles. The number of fused-ring (bicyclic) bond motifs is 1. The first-order chi connectivity index (χ1) is 8.40. The van der Waals surface area contributed by atoms with Gasteiger partial charge in [-0.2, -0.15) is 0 Å². The summed E-state index contributed by atoms with van der Waals surface area (Å²) >= 11 is 0. The highest BCUT2D eigenvalue weighted by atomic mass is 15.1. The van der Waals surface area contributed by atoms with Crippen molar-refractivity contribution in [1.82, 2.24) is 4.98 Å². The second-order valence-corrected chi connectivity index (χ2v) is 5.20. The van der Waals surface area contributed by atoms with E-state index in [0.717, 1.165) is 16.8 Å². The van der Waals surface area contributed by atoms with Gasteiger partial charge in [0.15, 0.2) is 0 Å². The van der Waals surface area contributed by atoms with Crippen LogP contribution < -0.4 is 10.6 Å². The molecular formula is C15H21N3. The molecule has 0 fully saturated rings. The van der Waals surface area contributed by atoms with Crippen LogP contribution in [-0.2, 0) is 0 Å². The molecule has 96 valence electrons. The second kappa shape index (κ2) is 4.58. The van der Waals surface area contributed by atoms with Gasteiger partial charge in [-0.15, -0.1) is 0 Å². The predicted molar refractivity (Wildman–Crippen MR) is 78.1 cm³/mol. The molecule has 0 spiro atoms. The van der Waals surface area contributed by atoms with Gasteiger partial charge >= 0.3 is 0 Å². The number of nitrogens with zero attached hydrogens (tertiary/aromatic N) is 2. The van der Waals surface area contributed by atoms with Gasteiger partial charge in [-0.05, 0) is 44.0 Å². The van der Waals surface area contributed by atoms with Crippen molar-refractivity contribution >= 4 is 16.6 Å². The standard InChI is InChI=1S/C15H21N3/c1-9-6-12(11(3)16)8-13-14(18(4)5)7-10(2)17-15(9)13/h6-8,11H,16H2,1-5H3. The minimum atomic E-state index is 0.0458. The van der Waals surface area contributed by atoms with Crippen LogP contribution in [0.5, 0.6) is 0 Å². The third-order valence-corrected chi connectivity index (χ3v) is 3.24. The van der Waals surface area contributed by atoms with Gasteiger partial charge < -0.3 is 10.6 Å². The molecule has 2 rings (SSSR count). The Balaban J connectivity index is 2.84. The van der Waals surface area contributed by atoms with Gasteiger partial charge in [0.1, 0.15) is 0 Å². The van der Waals surface area contributed by atoms with E-state index < -0.39 is 0 Å². The summed E-state index contributed by atoms with van der Waals surface area (Å²) in [6, 6.07) is 6.46. The van der Waals surface area contributed by atoms with Crippen molar-refractivity contribution in [3.05, 3.63) is 35.0 Å². The number of nitrogens with two attached hydrogens (primary N) is 1. The maximum Gasteiger partial charge on any atom is 0.0755 e. The molecular weight excluding hydrogens is 222 g/mol. The highest BCUT2D eigenvalue weighted by Crippen LogP contribution is 2.30.